The molecule has 3 aromatic rings. The molecule has 0 spiro atoms. The van der Waals surface area contributed by atoms with Gasteiger partial charge in [-0.1, -0.05) is 18.2 Å². The zero-order valence-electron chi connectivity index (χ0n) is 18.9. The fraction of sp³-hybridized carbons (Fsp3) is 0.292. The fourth-order valence-electron chi connectivity index (χ4n) is 3.63. The summed E-state index contributed by atoms with van der Waals surface area (Å²) in [6.07, 6.45) is 0. The number of nitriles is 1. The summed E-state index contributed by atoms with van der Waals surface area (Å²) in [6, 6.07) is 13.4. The molecule has 0 aliphatic rings. The van der Waals surface area contributed by atoms with E-state index in [0.717, 1.165) is 16.9 Å². The van der Waals surface area contributed by atoms with E-state index in [4.69, 9.17) is 9.15 Å². The van der Waals surface area contributed by atoms with Crippen LogP contribution in [0, 0.1) is 32.1 Å². The molecule has 0 aliphatic heterocycles. The minimum atomic E-state index is -0.464. The van der Waals surface area contributed by atoms with Crippen molar-refractivity contribution >= 4 is 17.7 Å². The highest BCUT2D eigenvalue weighted by molar-refractivity contribution is 5.93. The number of hydrogen-bond acceptors (Lipinski definition) is 6. The molecule has 0 atom stereocenters. The van der Waals surface area contributed by atoms with E-state index >= 15 is 0 Å². The van der Waals surface area contributed by atoms with Crippen molar-refractivity contribution in [2.75, 3.05) is 26.0 Å². The normalized spacial score (nSPS) is 10.8. The molecule has 1 amide bonds. The molecule has 8 nitrogen and oxygen atoms in total. The van der Waals surface area contributed by atoms with Crippen molar-refractivity contribution in [2.45, 2.75) is 27.3 Å². The van der Waals surface area contributed by atoms with E-state index in [1.54, 1.807) is 24.9 Å². The number of carbonyl (C=O) groups is 2. The quantitative estimate of drug-likeness (QED) is 0.569. The zero-order chi connectivity index (χ0) is 23.4. The van der Waals surface area contributed by atoms with Crippen molar-refractivity contribution in [2.24, 2.45) is 0 Å². The number of rotatable bonds is 7. The van der Waals surface area contributed by atoms with Gasteiger partial charge in [-0.05, 0) is 51.6 Å². The number of esters is 1. The Balaban J connectivity index is 1.77. The second kappa shape index (κ2) is 9.54. The van der Waals surface area contributed by atoms with Gasteiger partial charge in [0.1, 0.15) is 29.0 Å². The molecule has 166 valence electrons. The van der Waals surface area contributed by atoms with Crippen LogP contribution < -0.4 is 5.32 Å². The van der Waals surface area contributed by atoms with Crippen LogP contribution in [0.2, 0.25) is 0 Å². The van der Waals surface area contributed by atoms with E-state index in [1.807, 2.05) is 48.7 Å². The van der Waals surface area contributed by atoms with Crippen molar-refractivity contribution in [1.29, 1.82) is 5.26 Å². The van der Waals surface area contributed by atoms with Crippen LogP contribution in [-0.4, -0.2) is 42.0 Å². The van der Waals surface area contributed by atoms with Crippen molar-refractivity contribution in [3.05, 3.63) is 70.3 Å². The van der Waals surface area contributed by atoms with Gasteiger partial charge in [0, 0.05) is 11.4 Å². The first-order chi connectivity index (χ1) is 15.3. The predicted octanol–water partition coefficient (Wildman–Crippen LogP) is 3.72. The van der Waals surface area contributed by atoms with Gasteiger partial charge in [0.25, 0.3) is 0 Å². The molecular weight excluding hydrogens is 408 g/mol. The summed E-state index contributed by atoms with van der Waals surface area (Å²) in [5.74, 6) is 0.740. The van der Waals surface area contributed by atoms with Gasteiger partial charge in [-0.15, -0.1) is 0 Å². The van der Waals surface area contributed by atoms with E-state index in [0.29, 0.717) is 35.0 Å². The second-order valence-electron chi connectivity index (χ2n) is 7.61. The largest absolute Gasteiger partial charge is 0.465 e. The lowest BCUT2D eigenvalue weighted by Gasteiger charge is -2.17. The number of anilines is 1. The number of ether oxygens (including phenoxy) is 1. The second-order valence-corrected chi connectivity index (χ2v) is 7.61. The van der Waals surface area contributed by atoms with E-state index in [1.165, 1.54) is 7.11 Å². The van der Waals surface area contributed by atoms with Crippen LogP contribution in [0.15, 0.2) is 40.8 Å². The molecule has 1 aromatic carbocycles. The molecule has 0 saturated carbocycles. The molecule has 3 rings (SSSR count). The number of likely N-dealkylation sites (N-methyl/N-ethyl adjacent to an activating group) is 1. The van der Waals surface area contributed by atoms with Gasteiger partial charge in [0.15, 0.2) is 0 Å². The number of para-hydroxylation sites is 1. The number of aryl methyl sites for hydroxylation is 1. The maximum absolute atomic E-state index is 12.8. The number of furan rings is 1. The average molecular weight is 434 g/mol. The molecule has 0 aliphatic carbocycles. The van der Waals surface area contributed by atoms with Crippen LogP contribution in [-0.2, 0) is 16.1 Å². The predicted molar refractivity (Wildman–Crippen MR) is 120 cm³/mol. The number of benzene rings is 1. The Hall–Kier alpha value is -3.83. The van der Waals surface area contributed by atoms with E-state index < -0.39 is 5.97 Å². The Morgan fingerprint density at radius 3 is 2.53 bits per heavy atom. The van der Waals surface area contributed by atoms with Crippen LogP contribution in [0.1, 0.15) is 38.7 Å². The lowest BCUT2D eigenvalue weighted by atomic mass is 10.2. The Morgan fingerprint density at radius 2 is 1.91 bits per heavy atom. The van der Waals surface area contributed by atoms with Crippen LogP contribution in [0.5, 0.6) is 0 Å². The molecule has 8 heteroatoms. The van der Waals surface area contributed by atoms with Crippen molar-refractivity contribution < 1.29 is 18.7 Å². The number of methoxy groups -OCH3 is 1. The Morgan fingerprint density at radius 1 is 1.22 bits per heavy atom. The molecule has 0 radical (unpaired) electrons. The lowest BCUT2D eigenvalue weighted by Crippen LogP contribution is -2.30. The maximum Gasteiger partial charge on any atom is 0.341 e. The van der Waals surface area contributed by atoms with Gasteiger partial charge in [0.2, 0.25) is 5.91 Å². The molecule has 2 heterocycles. The van der Waals surface area contributed by atoms with Gasteiger partial charge in [0.05, 0.1) is 25.8 Å². The summed E-state index contributed by atoms with van der Waals surface area (Å²) < 4.78 is 12.2. The van der Waals surface area contributed by atoms with Crippen molar-refractivity contribution in [3.63, 3.8) is 0 Å². The number of carbonyl (C=O) groups excluding carboxylic acids is 2. The molecule has 32 heavy (non-hydrogen) atoms. The Bertz CT molecular complexity index is 1190. The maximum atomic E-state index is 12.8. The molecule has 0 bridgehead atoms. The minimum absolute atomic E-state index is 0.0657. The number of hydrogen-bond donors (Lipinski definition) is 1. The number of amides is 1. The SMILES string of the molecule is COC(=O)c1cc(CN(C)CC(=O)Nc2c(C#N)c(C)c(C)n2-c2ccccc2)oc1C. The van der Waals surface area contributed by atoms with Crippen LogP contribution in [0.25, 0.3) is 5.69 Å². The third kappa shape index (κ3) is 4.58. The van der Waals surface area contributed by atoms with Gasteiger partial charge in [-0.25, -0.2) is 4.79 Å². The number of aromatic nitrogens is 1. The zero-order valence-corrected chi connectivity index (χ0v) is 18.9. The fourth-order valence-corrected chi connectivity index (χ4v) is 3.63. The molecule has 2 aromatic heterocycles. The number of nitrogens with one attached hydrogen (secondary N) is 1. The third-order valence-corrected chi connectivity index (χ3v) is 5.31. The average Bonchev–Trinajstić information content (AvgIpc) is 3.24. The van der Waals surface area contributed by atoms with Gasteiger partial charge in [-0.2, -0.15) is 5.26 Å². The highest BCUT2D eigenvalue weighted by atomic mass is 16.5. The Kier molecular flexibility index (Phi) is 6.81. The summed E-state index contributed by atoms with van der Waals surface area (Å²) in [5, 5.41) is 12.6. The third-order valence-electron chi connectivity index (χ3n) is 5.31. The first kappa shape index (κ1) is 22.8. The molecule has 0 saturated heterocycles. The van der Waals surface area contributed by atoms with E-state index in [9.17, 15) is 14.9 Å². The minimum Gasteiger partial charge on any atom is -0.465 e. The monoisotopic (exact) mass is 434 g/mol. The topological polar surface area (TPSA) is 101 Å². The van der Waals surface area contributed by atoms with E-state index in [-0.39, 0.29) is 12.5 Å². The summed E-state index contributed by atoms with van der Waals surface area (Å²) in [5.41, 5.74) is 3.37. The van der Waals surface area contributed by atoms with Crippen molar-refractivity contribution in [1.82, 2.24) is 9.47 Å². The van der Waals surface area contributed by atoms with E-state index in [2.05, 4.69) is 11.4 Å². The summed E-state index contributed by atoms with van der Waals surface area (Å²) in [7, 11) is 3.09. The summed E-state index contributed by atoms with van der Waals surface area (Å²) in [6.45, 7) is 5.87. The number of nitrogens with zero attached hydrogens (tertiary/aromatic N) is 3. The highest BCUT2D eigenvalue weighted by Gasteiger charge is 2.22. The molecular formula is C24H26N4O4. The van der Waals surface area contributed by atoms with Crippen molar-refractivity contribution in [3.8, 4) is 11.8 Å². The first-order valence-corrected chi connectivity index (χ1v) is 10.1. The summed E-state index contributed by atoms with van der Waals surface area (Å²) >= 11 is 0. The molecule has 1 N–H and O–H groups in total. The van der Waals surface area contributed by atoms with Crippen LogP contribution in [0.4, 0.5) is 5.82 Å². The molecule has 0 fully saturated rings. The standard InChI is InChI=1S/C24H26N4O4/c1-15-16(2)28(18-9-7-6-8-10-18)23(21(15)12-25)26-22(29)14-27(4)13-19-11-20(17(3)32-19)24(30)31-5/h6-11H,13-14H2,1-5H3,(H,26,29). The van der Waals surface area contributed by atoms with Crippen LogP contribution >= 0.6 is 0 Å². The molecule has 0 unspecified atom stereocenters. The van der Waals surface area contributed by atoms with Gasteiger partial charge < -0.3 is 14.5 Å². The first-order valence-electron chi connectivity index (χ1n) is 10.1. The van der Waals surface area contributed by atoms with Crippen LogP contribution in [0.3, 0.4) is 0 Å². The van der Waals surface area contributed by atoms with Gasteiger partial charge in [-0.3, -0.25) is 14.3 Å². The van der Waals surface area contributed by atoms with Gasteiger partial charge >= 0.3 is 5.97 Å². The summed E-state index contributed by atoms with van der Waals surface area (Å²) in [4.78, 5) is 26.4. The smallest absolute Gasteiger partial charge is 0.341 e. The highest BCUT2D eigenvalue weighted by Crippen LogP contribution is 2.30. The Labute approximate surface area is 187 Å². The lowest BCUT2D eigenvalue weighted by molar-refractivity contribution is -0.117.